The first-order valence-corrected chi connectivity index (χ1v) is 9.52. The Bertz CT molecular complexity index is 699. The van der Waals surface area contributed by atoms with E-state index in [0.717, 1.165) is 37.8 Å². The van der Waals surface area contributed by atoms with Crippen molar-refractivity contribution in [2.75, 3.05) is 27.8 Å². The van der Waals surface area contributed by atoms with Gasteiger partial charge in [0.2, 0.25) is 0 Å². The van der Waals surface area contributed by atoms with Crippen LogP contribution in [0, 0.1) is 0 Å². The Balaban J connectivity index is 2.48. The fourth-order valence-electron chi connectivity index (χ4n) is 2.90. The Kier molecular flexibility index (Phi) is 7.18. The normalized spacial score (nSPS) is 15.7. The van der Waals surface area contributed by atoms with E-state index in [1.807, 2.05) is 0 Å². The number of hydrogen-bond acceptors (Lipinski definition) is 7. The minimum absolute atomic E-state index is 0.0528. The van der Waals surface area contributed by atoms with Gasteiger partial charge in [-0.2, -0.15) is 21.6 Å². The molecule has 1 aromatic rings. The zero-order valence-corrected chi connectivity index (χ0v) is 15.7. The lowest BCUT2D eigenvalue weighted by Gasteiger charge is -2.21. The molecule has 1 aliphatic carbocycles. The van der Waals surface area contributed by atoms with Crippen molar-refractivity contribution >= 4 is 10.1 Å². The van der Waals surface area contributed by atoms with Crippen LogP contribution in [-0.2, 0) is 19.6 Å². The molecule has 0 spiro atoms. The fourth-order valence-corrected chi connectivity index (χ4v) is 3.34. The Morgan fingerprint density at radius 3 is 1.89 bits per heavy atom. The number of rotatable bonds is 9. The number of ether oxygens (including phenoxy) is 4. The molecule has 2 rings (SSSR count). The predicted octanol–water partition coefficient (Wildman–Crippen LogP) is 3.54. The van der Waals surface area contributed by atoms with Crippen LogP contribution in [0.5, 0.6) is 17.2 Å². The second-order valence-electron chi connectivity index (χ2n) is 5.90. The van der Waals surface area contributed by atoms with Crippen LogP contribution in [-0.4, -0.2) is 41.7 Å². The SMILES string of the molecule is COCOc1cc(OS(=O)(=O)C(F)(F)F)cc(OCOC)c1C1CCCC1. The average Bonchev–Trinajstić information content (AvgIpc) is 3.10. The largest absolute Gasteiger partial charge is 0.534 e. The molecule has 0 radical (unpaired) electrons. The van der Waals surface area contributed by atoms with Crippen molar-refractivity contribution in [2.24, 2.45) is 0 Å². The van der Waals surface area contributed by atoms with E-state index in [1.54, 1.807) is 0 Å². The molecule has 27 heavy (non-hydrogen) atoms. The van der Waals surface area contributed by atoms with Crippen LogP contribution in [0.2, 0.25) is 0 Å². The lowest BCUT2D eigenvalue weighted by molar-refractivity contribution is -0.0500. The lowest BCUT2D eigenvalue weighted by Crippen LogP contribution is -2.28. The van der Waals surface area contributed by atoms with Crippen LogP contribution in [0.4, 0.5) is 13.2 Å². The maximum absolute atomic E-state index is 12.6. The molecule has 0 aliphatic heterocycles. The lowest BCUT2D eigenvalue weighted by atomic mass is 9.95. The summed E-state index contributed by atoms with van der Waals surface area (Å²) in [5.74, 6) is -0.238. The minimum atomic E-state index is -5.83. The van der Waals surface area contributed by atoms with Crippen LogP contribution in [0.1, 0.15) is 37.2 Å². The number of halogens is 3. The number of methoxy groups -OCH3 is 2. The molecule has 154 valence electrons. The van der Waals surface area contributed by atoms with Gasteiger partial charge in [0.25, 0.3) is 0 Å². The monoisotopic (exact) mass is 414 g/mol. The third-order valence-corrected chi connectivity index (χ3v) is 4.97. The van der Waals surface area contributed by atoms with E-state index in [0.29, 0.717) is 5.56 Å². The zero-order chi connectivity index (χ0) is 20.1. The quantitative estimate of drug-likeness (QED) is 0.347. The molecule has 0 bridgehead atoms. The molecule has 0 saturated heterocycles. The van der Waals surface area contributed by atoms with Gasteiger partial charge in [-0.3, -0.25) is 0 Å². The highest BCUT2D eigenvalue weighted by molar-refractivity contribution is 7.88. The summed E-state index contributed by atoms with van der Waals surface area (Å²) in [5, 5.41) is 0. The summed E-state index contributed by atoms with van der Waals surface area (Å²) in [6.07, 6.45) is 3.65. The van der Waals surface area contributed by atoms with E-state index in [2.05, 4.69) is 4.18 Å². The van der Waals surface area contributed by atoms with Gasteiger partial charge in [0, 0.05) is 31.9 Å². The van der Waals surface area contributed by atoms with Gasteiger partial charge in [0.15, 0.2) is 13.6 Å². The summed E-state index contributed by atoms with van der Waals surface area (Å²) in [6, 6.07) is 2.19. The molecule has 0 heterocycles. The van der Waals surface area contributed by atoms with E-state index in [-0.39, 0.29) is 31.0 Å². The Morgan fingerprint density at radius 1 is 1.00 bits per heavy atom. The second kappa shape index (κ2) is 8.98. The van der Waals surface area contributed by atoms with Crippen molar-refractivity contribution in [3.05, 3.63) is 17.7 Å². The first kappa shape index (κ1) is 21.6. The summed E-state index contributed by atoms with van der Waals surface area (Å²) >= 11 is 0. The molecule has 1 aromatic carbocycles. The van der Waals surface area contributed by atoms with E-state index in [9.17, 15) is 21.6 Å². The van der Waals surface area contributed by atoms with Crippen LogP contribution in [0.3, 0.4) is 0 Å². The van der Waals surface area contributed by atoms with Crippen molar-refractivity contribution in [1.29, 1.82) is 0 Å². The highest BCUT2D eigenvalue weighted by Gasteiger charge is 2.48. The predicted molar refractivity (Wildman–Crippen MR) is 88.3 cm³/mol. The van der Waals surface area contributed by atoms with Gasteiger partial charge in [-0.05, 0) is 18.8 Å². The van der Waals surface area contributed by atoms with Gasteiger partial charge < -0.3 is 23.1 Å². The Morgan fingerprint density at radius 2 is 1.48 bits per heavy atom. The summed E-state index contributed by atoms with van der Waals surface area (Å²) in [4.78, 5) is 0. The van der Waals surface area contributed by atoms with Crippen LogP contribution >= 0.6 is 0 Å². The topological polar surface area (TPSA) is 80.3 Å². The molecule has 0 unspecified atom stereocenters. The molecule has 11 heteroatoms. The van der Waals surface area contributed by atoms with Gasteiger partial charge in [-0.1, -0.05) is 12.8 Å². The Hall–Kier alpha value is -1.72. The van der Waals surface area contributed by atoms with E-state index < -0.39 is 21.4 Å². The molecule has 0 atom stereocenters. The van der Waals surface area contributed by atoms with Crippen molar-refractivity contribution in [3.63, 3.8) is 0 Å². The molecule has 1 aliphatic rings. The molecular formula is C16H21F3O7S. The third kappa shape index (κ3) is 5.39. The van der Waals surface area contributed by atoms with Crippen molar-refractivity contribution < 1.29 is 44.7 Å². The van der Waals surface area contributed by atoms with Gasteiger partial charge in [0.1, 0.15) is 17.2 Å². The molecule has 0 N–H and O–H groups in total. The molecule has 1 fully saturated rings. The number of alkyl halides is 3. The number of benzene rings is 1. The van der Waals surface area contributed by atoms with E-state index in [4.69, 9.17) is 18.9 Å². The number of hydrogen-bond donors (Lipinski definition) is 0. The average molecular weight is 414 g/mol. The molecule has 1 saturated carbocycles. The molecule has 7 nitrogen and oxygen atoms in total. The van der Waals surface area contributed by atoms with Crippen LogP contribution in [0.25, 0.3) is 0 Å². The van der Waals surface area contributed by atoms with Crippen LogP contribution in [0.15, 0.2) is 12.1 Å². The molecule has 0 amide bonds. The van der Waals surface area contributed by atoms with Gasteiger partial charge >= 0.3 is 15.6 Å². The van der Waals surface area contributed by atoms with Crippen LogP contribution < -0.4 is 13.7 Å². The van der Waals surface area contributed by atoms with E-state index >= 15 is 0 Å². The van der Waals surface area contributed by atoms with Crippen molar-refractivity contribution in [1.82, 2.24) is 0 Å². The van der Waals surface area contributed by atoms with E-state index in [1.165, 1.54) is 14.2 Å². The second-order valence-corrected chi connectivity index (χ2v) is 7.44. The third-order valence-electron chi connectivity index (χ3n) is 4.00. The van der Waals surface area contributed by atoms with Gasteiger partial charge in [-0.15, -0.1) is 0 Å². The summed E-state index contributed by atoms with van der Waals surface area (Å²) in [5.41, 5.74) is -4.93. The zero-order valence-electron chi connectivity index (χ0n) is 14.9. The summed E-state index contributed by atoms with van der Waals surface area (Å²) < 4.78 is 85.4. The molecule has 0 aromatic heterocycles. The summed E-state index contributed by atoms with van der Waals surface area (Å²) in [7, 11) is -3.07. The van der Waals surface area contributed by atoms with Gasteiger partial charge in [0.05, 0.1) is 0 Å². The smallest absolute Gasteiger partial charge is 0.467 e. The Labute approximate surface area is 155 Å². The maximum atomic E-state index is 12.6. The highest BCUT2D eigenvalue weighted by Crippen LogP contribution is 2.46. The molecular weight excluding hydrogens is 393 g/mol. The first-order valence-electron chi connectivity index (χ1n) is 8.11. The highest BCUT2D eigenvalue weighted by atomic mass is 32.2. The van der Waals surface area contributed by atoms with Gasteiger partial charge in [-0.25, -0.2) is 0 Å². The summed E-state index contributed by atoms with van der Waals surface area (Å²) in [6.45, 7) is -0.363. The van der Waals surface area contributed by atoms with Crippen molar-refractivity contribution in [3.8, 4) is 17.2 Å². The maximum Gasteiger partial charge on any atom is 0.534 e. The minimum Gasteiger partial charge on any atom is -0.467 e. The van der Waals surface area contributed by atoms with Crippen molar-refractivity contribution in [2.45, 2.75) is 37.1 Å². The fraction of sp³-hybridized carbons (Fsp3) is 0.625. The first-order chi connectivity index (χ1) is 12.7. The standard InChI is InChI=1S/C16H21F3O7S/c1-22-9-24-13-7-12(26-27(20,21)16(17,18)19)8-14(25-10-23-2)15(13)11-5-3-4-6-11/h7-8,11H,3-6,9-10H2,1-2H3.